The van der Waals surface area contributed by atoms with Gasteiger partial charge >= 0.3 is 12.1 Å². The minimum atomic E-state index is -0.883. The lowest BCUT2D eigenvalue weighted by Gasteiger charge is -2.22. The van der Waals surface area contributed by atoms with Crippen molar-refractivity contribution in [1.29, 1.82) is 0 Å². The van der Waals surface area contributed by atoms with Crippen LogP contribution < -0.4 is 10.1 Å². The van der Waals surface area contributed by atoms with Gasteiger partial charge in [0.25, 0.3) is 0 Å². The van der Waals surface area contributed by atoms with E-state index in [0.717, 1.165) is 11.1 Å². The highest BCUT2D eigenvalue weighted by Gasteiger charge is 2.25. The summed E-state index contributed by atoms with van der Waals surface area (Å²) in [4.78, 5) is 24.2. The van der Waals surface area contributed by atoms with Crippen molar-refractivity contribution in [1.82, 2.24) is 5.32 Å². The zero-order valence-electron chi connectivity index (χ0n) is 19.3. The fourth-order valence-corrected chi connectivity index (χ4v) is 2.96. The van der Waals surface area contributed by atoms with Gasteiger partial charge in [0.1, 0.15) is 23.1 Å². The number of methoxy groups -OCH3 is 3. The molecule has 0 unspecified atom stereocenters. The fourth-order valence-electron chi connectivity index (χ4n) is 2.96. The predicted molar refractivity (Wildman–Crippen MR) is 119 cm³/mol. The first-order valence-electron chi connectivity index (χ1n) is 10.2. The van der Waals surface area contributed by atoms with E-state index in [-0.39, 0.29) is 6.42 Å². The van der Waals surface area contributed by atoms with Crippen molar-refractivity contribution in [3.63, 3.8) is 0 Å². The molecule has 0 saturated carbocycles. The van der Waals surface area contributed by atoms with Gasteiger partial charge in [-0.2, -0.15) is 0 Å². The Balaban J connectivity index is 2.11. The smallest absolute Gasteiger partial charge is 0.408 e. The van der Waals surface area contributed by atoms with E-state index < -0.39 is 30.0 Å². The van der Waals surface area contributed by atoms with Gasteiger partial charge in [-0.1, -0.05) is 30.3 Å². The van der Waals surface area contributed by atoms with E-state index in [4.69, 9.17) is 23.7 Å². The fraction of sp³-hybridized carbons (Fsp3) is 0.417. The molecule has 1 atom stereocenters. The second-order valence-corrected chi connectivity index (χ2v) is 8.01. The maximum Gasteiger partial charge on any atom is 0.408 e. The molecule has 0 radical (unpaired) electrons. The number of para-hydroxylation sites is 1. The molecule has 2 aromatic carbocycles. The Bertz CT molecular complexity index is 886. The van der Waals surface area contributed by atoms with Crippen LogP contribution in [0.2, 0.25) is 0 Å². The van der Waals surface area contributed by atoms with E-state index in [9.17, 15) is 9.59 Å². The van der Waals surface area contributed by atoms with Gasteiger partial charge in [-0.3, -0.25) is 0 Å². The summed E-state index contributed by atoms with van der Waals surface area (Å²) in [5, 5.41) is 2.57. The number of esters is 1. The molecule has 0 saturated heterocycles. The van der Waals surface area contributed by atoms with Crippen molar-refractivity contribution >= 4 is 12.1 Å². The molecular weight excluding hydrogens is 414 g/mol. The summed E-state index contributed by atoms with van der Waals surface area (Å²) in [6.45, 7) is 5.24. The van der Waals surface area contributed by atoms with Gasteiger partial charge in [0.05, 0.1) is 12.7 Å². The Morgan fingerprint density at radius 1 is 0.938 bits per heavy atom. The van der Waals surface area contributed by atoms with Gasteiger partial charge in [-0.15, -0.1) is 0 Å². The molecule has 0 bridgehead atoms. The van der Waals surface area contributed by atoms with E-state index in [1.807, 2.05) is 36.4 Å². The number of amides is 1. The molecule has 2 rings (SSSR count). The van der Waals surface area contributed by atoms with Crippen molar-refractivity contribution in [3.8, 4) is 11.5 Å². The van der Waals surface area contributed by atoms with Crippen molar-refractivity contribution in [2.45, 2.75) is 45.1 Å². The molecular formula is C24H31NO7. The summed E-state index contributed by atoms with van der Waals surface area (Å²) in [6, 6.07) is 13.7. The van der Waals surface area contributed by atoms with Crippen LogP contribution in [0.4, 0.5) is 4.79 Å². The van der Waals surface area contributed by atoms with Crippen LogP contribution in [0.15, 0.2) is 48.5 Å². The Labute approximate surface area is 188 Å². The zero-order valence-corrected chi connectivity index (χ0v) is 19.3. The third-order valence-corrected chi connectivity index (χ3v) is 4.37. The summed E-state index contributed by atoms with van der Waals surface area (Å²) >= 11 is 0. The summed E-state index contributed by atoms with van der Waals surface area (Å²) < 4.78 is 26.7. The van der Waals surface area contributed by atoms with E-state index in [1.165, 1.54) is 7.11 Å². The lowest BCUT2D eigenvalue weighted by atomic mass is 10.1. The number of nitrogens with one attached hydrogen (secondary N) is 1. The molecule has 2 aromatic rings. The molecule has 0 aliphatic rings. The van der Waals surface area contributed by atoms with E-state index in [0.29, 0.717) is 11.5 Å². The second-order valence-electron chi connectivity index (χ2n) is 8.01. The van der Waals surface area contributed by atoms with Crippen LogP contribution >= 0.6 is 0 Å². The molecule has 0 fully saturated rings. The van der Waals surface area contributed by atoms with Crippen LogP contribution in [0.3, 0.4) is 0 Å². The van der Waals surface area contributed by atoms with Crippen molar-refractivity contribution in [3.05, 3.63) is 59.7 Å². The monoisotopic (exact) mass is 445 g/mol. The predicted octanol–water partition coefficient (Wildman–Crippen LogP) is 4.38. The van der Waals surface area contributed by atoms with Crippen LogP contribution in [-0.4, -0.2) is 45.0 Å². The standard InChI is InChI=1S/C24H31NO7/c1-24(2,3)32-23(27)25-19(21(26)28-4)15-16-11-13-17(14-12-16)31-20-10-8-7-9-18(20)22(29-5)30-6/h7-14,19,22H,15H2,1-6H3,(H,25,27)/t19-/m0/s1. The maximum absolute atomic E-state index is 12.1. The van der Waals surface area contributed by atoms with Crippen LogP contribution in [0.5, 0.6) is 11.5 Å². The Morgan fingerprint density at radius 3 is 2.12 bits per heavy atom. The molecule has 8 nitrogen and oxygen atoms in total. The topological polar surface area (TPSA) is 92.3 Å². The summed E-state index contributed by atoms with van der Waals surface area (Å²) in [5.74, 6) is 0.644. The van der Waals surface area contributed by atoms with E-state index in [1.54, 1.807) is 47.1 Å². The number of hydrogen-bond acceptors (Lipinski definition) is 7. The molecule has 8 heteroatoms. The Kier molecular flexibility index (Phi) is 9.04. The SMILES string of the molecule is COC(=O)[C@H](Cc1ccc(Oc2ccccc2C(OC)OC)cc1)NC(=O)OC(C)(C)C. The van der Waals surface area contributed by atoms with Crippen molar-refractivity contribution in [2.75, 3.05) is 21.3 Å². The quantitative estimate of drug-likeness (QED) is 0.452. The molecule has 32 heavy (non-hydrogen) atoms. The normalized spacial score (nSPS) is 12.2. The molecule has 1 amide bonds. The van der Waals surface area contributed by atoms with Crippen molar-refractivity contribution in [2.24, 2.45) is 0 Å². The van der Waals surface area contributed by atoms with Gasteiger partial charge in [0.2, 0.25) is 0 Å². The molecule has 174 valence electrons. The molecule has 0 aliphatic carbocycles. The van der Waals surface area contributed by atoms with Gasteiger partial charge < -0.3 is 29.0 Å². The first kappa shape index (κ1) is 25.2. The molecule has 0 spiro atoms. The number of benzene rings is 2. The average Bonchev–Trinajstić information content (AvgIpc) is 2.74. The summed E-state index contributed by atoms with van der Waals surface area (Å²) in [7, 11) is 4.39. The van der Waals surface area contributed by atoms with Crippen LogP contribution in [0.25, 0.3) is 0 Å². The van der Waals surface area contributed by atoms with Gasteiger partial charge in [-0.25, -0.2) is 9.59 Å². The lowest BCUT2D eigenvalue weighted by molar-refractivity contribution is -0.143. The number of carbonyl (C=O) groups is 2. The number of carbonyl (C=O) groups excluding carboxylic acids is 2. The summed E-state index contributed by atoms with van der Waals surface area (Å²) in [5.41, 5.74) is 0.891. The number of ether oxygens (including phenoxy) is 5. The first-order chi connectivity index (χ1) is 15.2. The summed E-state index contributed by atoms with van der Waals surface area (Å²) in [6.07, 6.45) is -1.00. The maximum atomic E-state index is 12.1. The van der Waals surface area contributed by atoms with E-state index in [2.05, 4.69) is 5.32 Å². The third-order valence-electron chi connectivity index (χ3n) is 4.37. The van der Waals surface area contributed by atoms with Gasteiger partial charge in [-0.05, 0) is 44.5 Å². The minimum absolute atomic E-state index is 0.234. The van der Waals surface area contributed by atoms with Crippen LogP contribution in [0.1, 0.15) is 38.2 Å². The highest BCUT2D eigenvalue weighted by molar-refractivity contribution is 5.81. The second kappa shape index (κ2) is 11.5. The highest BCUT2D eigenvalue weighted by atomic mass is 16.7. The van der Waals surface area contributed by atoms with Gasteiger partial charge in [0.15, 0.2) is 6.29 Å². The van der Waals surface area contributed by atoms with Gasteiger partial charge in [0, 0.05) is 20.6 Å². The van der Waals surface area contributed by atoms with Crippen LogP contribution in [-0.2, 0) is 30.2 Å². The van der Waals surface area contributed by atoms with E-state index >= 15 is 0 Å². The van der Waals surface area contributed by atoms with Crippen molar-refractivity contribution < 1.29 is 33.3 Å². The zero-order chi connectivity index (χ0) is 23.7. The molecule has 0 heterocycles. The highest BCUT2D eigenvalue weighted by Crippen LogP contribution is 2.31. The lowest BCUT2D eigenvalue weighted by Crippen LogP contribution is -2.45. The number of rotatable bonds is 9. The molecule has 0 aliphatic heterocycles. The Morgan fingerprint density at radius 2 is 1.56 bits per heavy atom. The largest absolute Gasteiger partial charge is 0.467 e. The third kappa shape index (κ3) is 7.55. The number of hydrogen-bond donors (Lipinski definition) is 1. The minimum Gasteiger partial charge on any atom is -0.467 e. The molecule has 0 aromatic heterocycles. The number of alkyl carbamates (subject to hydrolysis) is 1. The molecule has 1 N–H and O–H groups in total. The Hall–Kier alpha value is -3.10. The first-order valence-corrected chi connectivity index (χ1v) is 10.2. The average molecular weight is 446 g/mol. The van der Waals surface area contributed by atoms with Crippen LogP contribution in [0, 0.1) is 0 Å².